The van der Waals surface area contributed by atoms with Gasteiger partial charge in [0.15, 0.2) is 5.69 Å². The van der Waals surface area contributed by atoms with Gasteiger partial charge in [0.2, 0.25) is 5.56 Å². The van der Waals surface area contributed by atoms with Gasteiger partial charge in [0.05, 0.1) is 24.7 Å². The van der Waals surface area contributed by atoms with E-state index in [1.54, 1.807) is 0 Å². The fourth-order valence-corrected chi connectivity index (χ4v) is 2.63. The summed E-state index contributed by atoms with van der Waals surface area (Å²) in [6.45, 7) is 0. The summed E-state index contributed by atoms with van der Waals surface area (Å²) in [6.07, 6.45) is -3.23. The number of nitrogen functional groups attached to an aromatic ring is 1. The SMILES string of the molecule is COC(=O)Nc1cc(-c2cc(-c3cccnc3C(F)(F)F)[nH]c(=O)c2)c(N)cn1. The van der Waals surface area contributed by atoms with Gasteiger partial charge < -0.3 is 15.5 Å². The largest absolute Gasteiger partial charge is 0.453 e. The summed E-state index contributed by atoms with van der Waals surface area (Å²) in [5, 5.41) is 2.35. The van der Waals surface area contributed by atoms with Crippen molar-refractivity contribution in [1.82, 2.24) is 15.0 Å². The molecule has 0 unspecified atom stereocenters. The Balaban J connectivity index is 2.14. The van der Waals surface area contributed by atoms with Gasteiger partial charge in [-0.1, -0.05) is 0 Å². The second-order valence-corrected chi connectivity index (χ2v) is 5.82. The Kier molecular flexibility index (Phi) is 5.22. The van der Waals surface area contributed by atoms with Crippen molar-refractivity contribution in [3.05, 3.63) is 58.8 Å². The third-order valence-corrected chi connectivity index (χ3v) is 3.87. The molecule has 0 saturated carbocycles. The Labute approximate surface area is 161 Å². The molecule has 3 aromatic rings. The van der Waals surface area contributed by atoms with Crippen molar-refractivity contribution >= 4 is 17.6 Å². The van der Waals surface area contributed by atoms with Crippen LogP contribution in [0.2, 0.25) is 0 Å². The van der Waals surface area contributed by atoms with Gasteiger partial charge >= 0.3 is 12.3 Å². The molecular weight excluding hydrogens is 391 g/mol. The maximum Gasteiger partial charge on any atom is 0.434 e. The number of nitrogens with two attached hydrogens (primary N) is 1. The quantitative estimate of drug-likeness (QED) is 0.615. The van der Waals surface area contributed by atoms with Crippen LogP contribution in [0.3, 0.4) is 0 Å². The van der Waals surface area contributed by atoms with Gasteiger partial charge in [-0.15, -0.1) is 0 Å². The normalized spacial score (nSPS) is 11.2. The van der Waals surface area contributed by atoms with Crippen LogP contribution in [0.1, 0.15) is 5.69 Å². The fourth-order valence-electron chi connectivity index (χ4n) is 2.63. The number of anilines is 2. The molecule has 3 heterocycles. The predicted octanol–water partition coefficient (Wildman–Crippen LogP) is 3.28. The number of alkyl halides is 3. The molecule has 0 spiro atoms. The van der Waals surface area contributed by atoms with E-state index in [1.807, 2.05) is 0 Å². The number of hydrogen-bond donors (Lipinski definition) is 3. The Morgan fingerprint density at radius 1 is 1.21 bits per heavy atom. The van der Waals surface area contributed by atoms with Crippen molar-refractivity contribution in [3.63, 3.8) is 0 Å². The monoisotopic (exact) mass is 405 g/mol. The van der Waals surface area contributed by atoms with Crippen LogP contribution in [-0.4, -0.2) is 28.2 Å². The Bertz CT molecular complexity index is 1130. The maximum atomic E-state index is 13.3. The van der Waals surface area contributed by atoms with Gasteiger partial charge in [0, 0.05) is 23.4 Å². The van der Waals surface area contributed by atoms with Gasteiger partial charge in [-0.25, -0.2) is 9.78 Å². The molecule has 0 bridgehead atoms. The first kappa shape index (κ1) is 19.9. The number of rotatable bonds is 3. The number of nitrogens with zero attached hydrogens (tertiary/aromatic N) is 2. The molecule has 11 heteroatoms. The first-order valence-electron chi connectivity index (χ1n) is 8.07. The van der Waals surface area contributed by atoms with Crippen molar-refractivity contribution < 1.29 is 22.7 Å². The highest BCUT2D eigenvalue weighted by molar-refractivity contribution is 5.87. The highest BCUT2D eigenvalue weighted by Crippen LogP contribution is 2.36. The summed E-state index contributed by atoms with van der Waals surface area (Å²) in [6, 6.07) is 6.40. The number of ether oxygens (including phenoxy) is 1. The molecule has 0 aliphatic carbocycles. The number of aromatic nitrogens is 3. The second kappa shape index (κ2) is 7.62. The molecule has 8 nitrogen and oxygen atoms in total. The average molecular weight is 405 g/mol. The third-order valence-electron chi connectivity index (χ3n) is 3.87. The molecule has 0 saturated heterocycles. The lowest BCUT2D eigenvalue weighted by molar-refractivity contribution is -0.140. The van der Waals surface area contributed by atoms with Gasteiger partial charge in [-0.3, -0.25) is 15.1 Å². The first-order chi connectivity index (χ1) is 13.7. The van der Waals surface area contributed by atoms with E-state index in [1.165, 1.54) is 43.6 Å². The Hall–Kier alpha value is -3.89. The van der Waals surface area contributed by atoms with Crippen molar-refractivity contribution in [2.75, 3.05) is 18.2 Å². The van der Waals surface area contributed by atoms with Gasteiger partial charge in [-0.05, 0) is 29.8 Å². The van der Waals surface area contributed by atoms with Crippen molar-refractivity contribution in [3.8, 4) is 22.4 Å². The lowest BCUT2D eigenvalue weighted by Gasteiger charge is -2.13. The van der Waals surface area contributed by atoms with Crippen molar-refractivity contribution in [2.24, 2.45) is 0 Å². The van der Waals surface area contributed by atoms with Crippen LogP contribution in [0.4, 0.5) is 29.5 Å². The van der Waals surface area contributed by atoms with Crippen LogP contribution < -0.4 is 16.6 Å². The molecule has 0 atom stereocenters. The second-order valence-electron chi connectivity index (χ2n) is 5.82. The summed E-state index contributed by atoms with van der Waals surface area (Å²) in [4.78, 5) is 33.2. The van der Waals surface area contributed by atoms with E-state index >= 15 is 0 Å². The molecule has 3 rings (SSSR count). The van der Waals surface area contributed by atoms with E-state index in [4.69, 9.17) is 5.73 Å². The summed E-state index contributed by atoms with van der Waals surface area (Å²) in [7, 11) is 1.17. The molecule has 0 aromatic carbocycles. The van der Waals surface area contributed by atoms with E-state index in [-0.39, 0.29) is 33.9 Å². The number of pyridine rings is 3. The zero-order valence-electron chi connectivity index (χ0n) is 14.9. The van der Waals surface area contributed by atoms with E-state index in [0.717, 1.165) is 6.20 Å². The molecule has 0 radical (unpaired) electrons. The summed E-state index contributed by atoms with van der Waals surface area (Å²) in [5.74, 6) is 0.0836. The molecule has 29 heavy (non-hydrogen) atoms. The number of amides is 1. The minimum absolute atomic E-state index is 0.0836. The smallest absolute Gasteiger partial charge is 0.434 e. The van der Waals surface area contributed by atoms with Crippen LogP contribution in [0.15, 0.2) is 47.5 Å². The molecule has 4 N–H and O–H groups in total. The molecule has 0 aliphatic heterocycles. The topological polar surface area (TPSA) is 123 Å². The number of hydrogen-bond acceptors (Lipinski definition) is 6. The number of carbonyl (C=O) groups is 1. The van der Waals surface area contributed by atoms with E-state index in [2.05, 4.69) is 25.0 Å². The predicted molar refractivity (Wildman–Crippen MR) is 99.0 cm³/mol. The van der Waals surface area contributed by atoms with Gasteiger partial charge in [0.25, 0.3) is 0 Å². The zero-order valence-corrected chi connectivity index (χ0v) is 14.9. The number of aromatic amines is 1. The van der Waals surface area contributed by atoms with E-state index in [9.17, 15) is 22.8 Å². The van der Waals surface area contributed by atoms with Crippen LogP contribution >= 0.6 is 0 Å². The van der Waals surface area contributed by atoms with Crippen molar-refractivity contribution in [2.45, 2.75) is 6.18 Å². The molecular formula is C18H14F3N5O3. The summed E-state index contributed by atoms with van der Waals surface area (Å²) >= 11 is 0. The van der Waals surface area contributed by atoms with Crippen LogP contribution in [0, 0.1) is 0 Å². The van der Waals surface area contributed by atoms with Gasteiger partial charge in [-0.2, -0.15) is 13.2 Å². The lowest BCUT2D eigenvalue weighted by Crippen LogP contribution is -2.13. The fraction of sp³-hybridized carbons (Fsp3) is 0.111. The Morgan fingerprint density at radius 3 is 2.66 bits per heavy atom. The highest BCUT2D eigenvalue weighted by Gasteiger charge is 2.35. The minimum Gasteiger partial charge on any atom is -0.453 e. The van der Waals surface area contributed by atoms with Crippen molar-refractivity contribution in [1.29, 1.82) is 0 Å². The first-order valence-corrected chi connectivity index (χ1v) is 8.07. The zero-order chi connectivity index (χ0) is 21.2. The maximum absolute atomic E-state index is 13.3. The molecule has 3 aromatic heterocycles. The minimum atomic E-state index is -4.71. The van der Waals surface area contributed by atoms with E-state index < -0.39 is 23.5 Å². The molecule has 150 valence electrons. The number of halogens is 3. The molecule has 0 aliphatic rings. The van der Waals surface area contributed by atoms with Gasteiger partial charge in [0.1, 0.15) is 5.82 Å². The summed E-state index contributed by atoms with van der Waals surface area (Å²) in [5.41, 5.74) is 4.42. The molecule has 1 amide bonds. The third kappa shape index (κ3) is 4.34. The molecule has 0 fully saturated rings. The number of carbonyl (C=O) groups excluding carboxylic acids is 1. The van der Waals surface area contributed by atoms with Crippen LogP contribution in [-0.2, 0) is 10.9 Å². The number of methoxy groups -OCH3 is 1. The Morgan fingerprint density at radius 2 is 1.97 bits per heavy atom. The highest BCUT2D eigenvalue weighted by atomic mass is 19.4. The standard InChI is InChI=1S/C18H14F3N5O3/c1-29-17(28)26-14-7-11(12(22)8-24-14)9-5-13(25-15(27)6-9)10-3-2-4-23-16(10)18(19,20)21/h2-8H,22H2,1H3,(H,25,27)(H,24,26,28). The van der Waals surface area contributed by atoms with Crippen LogP contribution in [0.25, 0.3) is 22.4 Å². The number of nitrogens with one attached hydrogen (secondary N) is 2. The average Bonchev–Trinajstić information content (AvgIpc) is 2.68. The van der Waals surface area contributed by atoms with E-state index in [0.29, 0.717) is 0 Å². The van der Waals surface area contributed by atoms with Crippen LogP contribution in [0.5, 0.6) is 0 Å². The summed E-state index contributed by atoms with van der Waals surface area (Å²) < 4.78 is 44.4. The lowest BCUT2D eigenvalue weighted by atomic mass is 10.0. The number of H-pyrrole nitrogens is 1.